The lowest BCUT2D eigenvalue weighted by molar-refractivity contribution is 0.0977. The molecule has 2 aliphatic heterocycles. The minimum absolute atomic E-state index is 0.121. The molecule has 1 amide bonds. The van der Waals surface area contributed by atoms with Crippen LogP contribution in [0.2, 0.25) is 10.2 Å². The number of pyridine rings is 1. The van der Waals surface area contributed by atoms with Crippen molar-refractivity contribution in [3.8, 4) is 0 Å². The molecule has 36 heavy (non-hydrogen) atoms. The zero-order valence-electron chi connectivity index (χ0n) is 19.8. The van der Waals surface area contributed by atoms with Crippen LogP contribution >= 0.6 is 23.2 Å². The number of likely N-dealkylation sites (tertiary alicyclic amines) is 1. The number of piperidine rings is 1. The van der Waals surface area contributed by atoms with Crippen molar-refractivity contribution in [2.75, 3.05) is 31.1 Å². The molecule has 3 heterocycles. The van der Waals surface area contributed by atoms with E-state index < -0.39 is 11.6 Å². The van der Waals surface area contributed by atoms with Crippen LogP contribution in [0.4, 0.5) is 14.5 Å². The van der Waals surface area contributed by atoms with Crippen molar-refractivity contribution in [3.05, 3.63) is 98.8 Å². The zero-order valence-corrected chi connectivity index (χ0v) is 21.3. The number of carbonyl (C=O) groups is 1. The van der Waals surface area contributed by atoms with Crippen LogP contribution in [-0.4, -0.2) is 42.0 Å². The molecule has 0 atom stereocenters. The van der Waals surface area contributed by atoms with Crippen molar-refractivity contribution < 1.29 is 13.6 Å². The summed E-state index contributed by atoms with van der Waals surface area (Å²) in [6.45, 7) is 4.80. The van der Waals surface area contributed by atoms with Crippen LogP contribution in [0.5, 0.6) is 0 Å². The molecule has 1 saturated heterocycles. The molecular weight excluding hydrogens is 503 g/mol. The summed E-state index contributed by atoms with van der Waals surface area (Å²) in [6, 6.07) is 10.8. The van der Waals surface area contributed by atoms with Gasteiger partial charge in [-0.2, -0.15) is 0 Å². The van der Waals surface area contributed by atoms with E-state index in [1.807, 2.05) is 30.0 Å². The van der Waals surface area contributed by atoms with Crippen LogP contribution in [0, 0.1) is 18.6 Å². The minimum Gasteiger partial charge on any atom is -0.307 e. The van der Waals surface area contributed by atoms with E-state index in [1.54, 1.807) is 18.2 Å². The Hall–Kier alpha value is -2.80. The van der Waals surface area contributed by atoms with Gasteiger partial charge in [0.05, 0.1) is 0 Å². The maximum atomic E-state index is 13.9. The standard InChI is InChI=1S/C28H25Cl2F2N3O/c1-18-4-7-23-25(26(18)30)28(17-35(23)27(36)20-8-11-33-24(29)15-20)9-13-34(14-10-28)12-2-3-19-5-6-21(31)16-22(19)32/h2-8,11,15-16H,9-10,12-14,17H2,1H3/b3-2+. The van der Waals surface area contributed by atoms with Gasteiger partial charge in [0.15, 0.2) is 0 Å². The number of carbonyl (C=O) groups excluding carboxylic acids is 1. The van der Waals surface area contributed by atoms with Crippen LogP contribution in [0.3, 0.4) is 0 Å². The summed E-state index contributed by atoms with van der Waals surface area (Å²) < 4.78 is 27.1. The molecule has 1 aromatic heterocycles. The Labute approximate surface area is 219 Å². The van der Waals surface area contributed by atoms with Crippen molar-refractivity contribution in [3.63, 3.8) is 0 Å². The normalized spacial score (nSPS) is 17.2. The van der Waals surface area contributed by atoms with Crippen molar-refractivity contribution in [2.24, 2.45) is 0 Å². The zero-order chi connectivity index (χ0) is 25.4. The fourth-order valence-corrected chi connectivity index (χ4v) is 5.81. The van der Waals surface area contributed by atoms with E-state index in [9.17, 15) is 13.6 Å². The molecule has 186 valence electrons. The number of fused-ring (bicyclic) bond motifs is 2. The summed E-state index contributed by atoms with van der Waals surface area (Å²) in [5.74, 6) is -1.28. The van der Waals surface area contributed by atoms with Crippen LogP contribution in [0.25, 0.3) is 6.08 Å². The highest BCUT2D eigenvalue weighted by Crippen LogP contribution is 2.51. The van der Waals surface area contributed by atoms with Crippen LogP contribution < -0.4 is 4.90 Å². The predicted octanol–water partition coefficient (Wildman–Crippen LogP) is 6.68. The average Bonchev–Trinajstić information content (AvgIpc) is 3.18. The first-order valence-electron chi connectivity index (χ1n) is 11.8. The summed E-state index contributed by atoms with van der Waals surface area (Å²) in [6.07, 6.45) is 6.79. The quantitative estimate of drug-likeness (QED) is 0.355. The van der Waals surface area contributed by atoms with Crippen LogP contribution in [-0.2, 0) is 5.41 Å². The smallest absolute Gasteiger partial charge is 0.258 e. The Bertz CT molecular complexity index is 1350. The van der Waals surface area contributed by atoms with Crippen LogP contribution in [0.1, 0.15) is 39.9 Å². The van der Waals surface area contributed by atoms with Gasteiger partial charge in [-0.1, -0.05) is 41.4 Å². The van der Waals surface area contributed by atoms with E-state index in [4.69, 9.17) is 23.2 Å². The van der Waals surface area contributed by atoms with Gasteiger partial charge in [0, 0.05) is 58.2 Å². The van der Waals surface area contributed by atoms with E-state index in [2.05, 4.69) is 9.88 Å². The Kier molecular flexibility index (Phi) is 6.86. The van der Waals surface area contributed by atoms with E-state index in [1.165, 1.54) is 18.3 Å². The highest BCUT2D eigenvalue weighted by molar-refractivity contribution is 6.33. The molecule has 0 unspecified atom stereocenters. The molecule has 0 radical (unpaired) electrons. The molecule has 0 aliphatic carbocycles. The second kappa shape index (κ2) is 9.92. The molecule has 0 bridgehead atoms. The van der Waals surface area contributed by atoms with Gasteiger partial charge < -0.3 is 4.90 Å². The highest BCUT2D eigenvalue weighted by Gasteiger charge is 2.48. The van der Waals surface area contributed by atoms with Crippen molar-refractivity contribution in [1.29, 1.82) is 0 Å². The molecule has 1 fully saturated rings. The summed E-state index contributed by atoms with van der Waals surface area (Å²) in [5.41, 5.74) is 3.49. The number of anilines is 1. The van der Waals surface area contributed by atoms with Gasteiger partial charge in [-0.15, -0.1) is 0 Å². The SMILES string of the molecule is Cc1ccc2c(c1Cl)C1(CCN(C/C=C/c3ccc(F)cc3F)CC1)CN2C(=O)c1ccnc(Cl)c1. The second-order valence-electron chi connectivity index (χ2n) is 9.50. The van der Waals surface area contributed by atoms with Gasteiger partial charge >= 0.3 is 0 Å². The Morgan fingerprint density at radius 2 is 1.89 bits per heavy atom. The molecule has 4 nitrogen and oxygen atoms in total. The monoisotopic (exact) mass is 527 g/mol. The molecule has 2 aromatic carbocycles. The Morgan fingerprint density at radius 3 is 2.61 bits per heavy atom. The first-order chi connectivity index (χ1) is 17.3. The number of nitrogens with zero attached hydrogens (tertiary/aromatic N) is 3. The molecule has 2 aliphatic rings. The van der Waals surface area contributed by atoms with Crippen molar-refractivity contribution >= 4 is 40.9 Å². The number of amides is 1. The fourth-order valence-electron chi connectivity index (χ4n) is 5.28. The van der Waals surface area contributed by atoms with E-state index in [-0.39, 0.29) is 16.5 Å². The van der Waals surface area contributed by atoms with Gasteiger partial charge in [0.1, 0.15) is 16.8 Å². The Balaban J connectivity index is 1.35. The predicted molar refractivity (Wildman–Crippen MR) is 140 cm³/mol. The number of hydrogen-bond acceptors (Lipinski definition) is 3. The molecule has 5 rings (SSSR count). The maximum absolute atomic E-state index is 13.9. The number of hydrogen-bond donors (Lipinski definition) is 0. The van der Waals surface area contributed by atoms with Crippen molar-refractivity contribution in [1.82, 2.24) is 9.88 Å². The van der Waals surface area contributed by atoms with Gasteiger partial charge in [0.2, 0.25) is 0 Å². The molecular formula is C28H25Cl2F2N3O. The number of rotatable bonds is 4. The lowest BCUT2D eigenvalue weighted by Crippen LogP contribution is -2.46. The lowest BCUT2D eigenvalue weighted by Gasteiger charge is -2.40. The molecule has 3 aromatic rings. The summed E-state index contributed by atoms with van der Waals surface area (Å²) in [5, 5.41) is 0.995. The number of benzene rings is 2. The average molecular weight is 528 g/mol. The molecule has 1 spiro atoms. The van der Waals surface area contributed by atoms with Gasteiger partial charge in [-0.05, 0) is 68.8 Å². The highest BCUT2D eigenvalue weighted by atomic mass is 35.5. The number of aromatic nitrogens is 1. The largest absolute Gasteiger partial charge is 0.307 e. The second-order valence-corrected chi connectivity index (χ2v) is 10.3. The van der Waals surface area contributed by atoms with Gasteiger partial charge in [-0.3, -0.25) is 9.69 Å². The van der Waals surface area contributed by atoms with Gasteiger partial charge in [0.25, 0.3) is 5.91 Å². The Morgan fingerprint density at radius 1 is 1.11 bits per heavy atom. The molecule has 0 N–H and O–H groups in total. The first kappa shape index (κ1) is 24.9. The summed E-state index contributed by atoms with van der Waals surface area (Å²) in [4.78, 5) is 21.6. The van der Waals surface area contributed by atoms with E-state index >= 15 is 0 Å². The molecule has 0 saturated carbocycles. The third kappa shape index (κ3) is 4.65. The maximum Gasteiger partial charge on any atom is 0.258 e. The first-order valence-corrected chi connectivity index (χ1v) is 12.6. The topological polar surface area (TPSA) is 36.4 Å². The van der Waals surface area contributed by atoms with Crippen LogP contribution in [0.15, 0.2) is 54.7 Å². The van der Waals surface area contributed by atoms with E-state index in [0.717, 1.165) is 53.8 Å². The molecule has 8 heteroatoms. The van der Waals surface area contributed by atoms with E-state index in [0.29, 0.717) is 24.2 Å². The third-order valence-corrected chi connectivity index (χ3v) is 7.94. The van der Waals surface area contributed by atoms with Gasteiger partial charge in [-0.25, -0.2) is 13.8 Å². The number of halogens is 4. The third-order valence-electron chi connectivity index (χ3n) is 7.25. The summed E-state index contributed by atoms with van der Waals surface area (Å²) in [7, 11) is 0. The minimum atomic E-state index is -0.587. The summed E-state index contributed by atoms with van der Waals surface area (Å²) >= 11 is 12.9. The lowest BCUT2D eigenvalue weighted by atomic mass is 9.74. The van der Waals surface area contributed by atoms with Crippen molar-refractivity contribution in [2.45, 2.75) is 25.2 Å². The fraction of sp³-hybridized carbons (Fsp3) is 0.286. The number of aryl methyl sites for hydroxylation is 1.